The summed E-state index contributed by atoms with van der Waals surface area (Å²) in [5.41, 5.74) is -10.3. The molecule has 0 radical (unpaired) electrons. The topological polar surface area (TPSA) is 221 Å². The van der Waals surface area contributed by atoms with Gasteiger partial charge in [-0.1, -0.05) is 62.4 Å². The highest BCUT2D eigenvalue weighted by Gasteiger charge is 2.79. The van der Waals surface area contributed by atoms with Crippen molar-refractivity contribution in [3.05, 3.63) is 119 Å². The number of nitrogens with one attached hydrogen (secondary N) is 1. The van der Waals surface area contributed by atoms with Crippen molar-refractivity contribution in [3.63, 3.8) is 0 Å². The summed E-state index contributed by atoms with van der Waals surface area (Å²) in [5, 5.41) is 40.0. The third-order valence-corrected chi connectivity index (χ3v) is 13.7. The molecule has 3 aromatic carbocycles. The Morgan fingerprint density at radius 2 is 1.56 bits per heavy atom. The maximum atomic E-state index is 15.5. The summed E-state index contributed by atoms with van der Waals surface area (Å²) in [4.78, 5) is 83.3. The number of Topliss-reactive ketones (excluding diaryl/α,β-unsaturated/α-hetero) is 1. The minimum absolute atomic E-state index is 0.0442. The molecule has 66 heavy (non-hydrogen) atoms. The summed E-state index contributed by atoms with van der Waals surface area (Å²) in [6, 6.07) is 15.4. The SMILES string of the molecule is [2H]c1ccc([C@H](NC(=O)c2ccccc2)[C@@H](O)C(=O)O[C@H]2C[C@@]3(O)[C@@H](OC(=O)c4ccc(F)cc4)[C@@H]4[C@]5(OC(=O)C(F)(F)F)CO[C@@H]5C[C@H](O)[C@@]4(C)C(=O)[C@H](OC(C)=O)C(=C2C)C3(C)C)cc1. The number of fused-ring (bicyclic) bond motifs is 5. The van der Waals surface area contributed by atoms with Gasteiger partial charge in [-0.25, -0.2) is 18.8 Å². The highest BCUT2D eigenvalue weighted by molar-refractivity contribution is 5.96. The number of carbonyl (C=O) groups excluding carboxylic acids is 6. The predicted molar refractivity (Wildman–Crippen MR) is 218 cm³/mol. The molecule has 4 N–H and O–H groups in total. The molecule has 0 unspecified atom stereocenters. The zero-order valence-corrected chi connectivity index (χ0v) is 36.1. The molecule has 2 bridgehead atoms. The van der Waals surface area contributed by atoms with E-state index in [1.165, 1.54) is 57.2 Å². The van der Waals surface area contributed by atoms with Crippen LogP contribution in [-0.4, -0.2) is 111 Å². The fourth-order valence-electron chi connectivity index (χ4n) is 10.1. The van der Waals surface area contributed by atoms with E-state index in [-0.39, 0.29) is 33.9 Å². The average Bonchev–Trinajstić information content (AvgIpc) is 3.26. The Balaban J connectivity index is 1.41. The van der Waals surface area contributed by atoms with Crippen LogP contribution in [0.15, 0.2) is 96.1 Å². The van der Waals surface area contributed by atoms with Gasteiger partial charge in [-0.15, -0.1) is 0 Å². The highest BCUT2D eigenvalue weighted by Crippen LogP contribution is 2.64. The van der Waals surface area contributed by atoms with Gasteiger partial charge in [-0.3, -0.25) is 14.4 Å². The fraction of sp³-hybridized carbons (Fsp3) is 0.447. The molecule has 1 amide bonds. The van der Waals surface area contributed by atoms with E-state index in [0.29, 0.717) is 0 Å². The van der Waals surface area contributed by atoms with Gasteiger partial charge in [0, 0.05) is 30.7 Å². The molecule has 0 aromatic heterocycles. The quantitative estimate of drug-likeness (QED) is 0.0958. The highest BCUT2D eigenvalue weighted by atomic mass is 19.4. The summed E-state index contributed by atoms with van der Waals surface area (Å²) >= 11 is 0. The Morgan fingerprint density at radius 3 is 2.14 bits per heavy atom. The zero-order valence-electron chi connectivity index (χ0n) is 37.1. The van der Waals surface area contributed by atoms with Crippen molar-refractivity contribution in [1.29, 1.82) is 0 Å². The Hall–Kier alpha value is -6.02. The first-order chi connectivity index (χ1) is 31.3. The van der Waals surface area contributed by atoms with E-state index in [0.717, 1.165) is 38.1 Å². The van der Waals surface area contributed by atoms with Gasteiger partial charge in [0.05, 0.1) is 37.0 Å². The van der Waals surface area contributed by atoms with Crippen LogP contribution in [0.4, 0.5) is 17.6 Å². The molecular weight excluding hydrogens is 879 g/mol. The number of aliphatic hydroxyl groups is 3. The van der Waals surface area contributed by atoms with Crippen LogP contribution in [0.25, 0.3) is 0 Å². The van der Waals surface area contributed by atoms with Gasteiger partial charge >= 0.3 is 30.1 Å². The summed E-state index contributed by atoms with van der Waals surface area (Å²) in [5.74, 6) is -11.5. The van der Waals surface area contributed by atoms with Crippen LogP contribution in [0.2, 0.25) is 0 Å². The van der Waals surface area contributed by atoms with Crippen molar-refractivity contribution in [2.24, 2.45) is 16.7 Å². The number of alkyl halides is 3. The number of hydrogen-bond acceptors (Lipinski definition) is 14. The zero-order chi connectivity index (χ0) is 49.2. The lowest BCUT2D eigenvalue weighted by Crippen LogP contribution is -2.82. The number of ketones is 1. The van der Waals surface area contributed by atoms with Crippen molar-refractivity contribution in [1.82, 2.24) is 5.32 Å². The molecule has 2 saturated carbocycles. The monoisotopic (exact) mass is 926 g/mol. The van der Waals surface area contributed by atoms with Gasteiger partial charge in [0.25, 0.3) is 5.91 Å². The number of amides is 1. The van der Waals surface area contributed by atoms with Gasteiger partial charge in [-0.05, 0) is 67.0 Å². The van der Waals surface area contributed by atoms with Crippen molar-refractivity contribution in [3.8, 4) is 0 Å². The molecule has 3 aliphatic carbocycles. The first-order valence-corrected chi connectivity index (χ1v) is 20.8. The maximum Gasteiger partial charge on any atom is 0.490 e. The number of rotatable bonds is 10. The lowest BCUT2D eigenvalue weighted by atomic mass is 9.44. The minimum atomic E-state index is -5.65. The van der Waals surface area contributed by atoms with E-state index in [1.54, 1.807) is 18.2 Å². The van der Waals surface area contributed by atoms with Crippen LogP contribution in [0.3, 0.4) is 0 Å². The van der Waals surface area contributed by atoms with Crippen molar-refractivity contribution in [2.45, 2.75) is 108 Å². The summed E-state index contributed by atoms with van der Waals surface area (Å²) in [6.07, 6.45) is -19.1. The molecule has 0 spiro atoms. The molecular formula is C47H47F4NO14. The Bertz CT molecular complexity index is 2500. The molecule has 3 aromatic rings. The van der Waals surface area contributed by atoms with Crippen molar-refractivity contribution < 1.29 is 86.7 Å². The van der Waals surface area contributed by atoms with Gasteiger partial charge in [0.2, 0.25) is 0 Å². The van der Waals surface area contributed by atoms with Crippen LogP contribution >= 0.6 is 0 Å². The van der Waals surface area contributed by atoms with Gasteiger partial charge in [0.15, 0.2) is 23.6 Å². The molecule has 7 rings (SSSR count). The predicted octanol–water partition coefficient (Wildman–Crippen LogP) is 4.42. The van der Waals surface area contributed by atoms with Gasteiger partial charge in [-0.2, -0.15) is 13.2 Å². The Morgan fingerprint density at radius 1 is 0.924 bits per heavy atom. The summed E-state index contributed by atoms with van der Waals surface area (Å²) in [6.45, 7) is 5.14. The molecule has 1 heterocycles. The molecule has 3 fully saturated rings. The van der Waals surface area contributed by atoms with E-state index in [2.05, 4.69) is 5.32 Å². The number of benzene rings is 3. The van der Waals surface area contributed by atoms with Crippen LogP contribution < -0.4 is 5.32 Å². The van der Waals surface area contributed by atoms with Crippen molar-refractivity contribution in [2.75, 3.05) is 6.61 Å². The number of ether oxygens (including phenoxy) is 5. The van der Waals surface area contributed by atoms with Crippen LogP contribution in [0, 0.1) is 22.6 Å². The second-order valence-corrected chi connectivity index (χ2v) is 17.7. The number of esters is 4. The molecule has 352 valence electrons. The van der Waals surface area contributed by atoms with Crippen molar-refractivity contribution >= 4 is 35.6 Å². The van der Waals surface area contributed by atoms with E-state index >= 15 is 4.79 Å². The van der Waals surface area contributed by atoms with Crippen LogP contribution in [-0.2, 0) is 42.9 Å². The molecule has 15 nitrogen and oxygen atoms in total. The third-order valence-electron chi connectivity index (χ3n) is 13.7. The third kappa shape index (κ3) is 8.04. The molecule has 4 aliphatic rings. The van der Waals surface area contributed by atoms with E-state index in [1.807, 2.05) is 0 Å². The fourth-order valence-corrected chi connectivity index (χ4v) is 10.1. The Kier molecular flexibility index (Phi) is 12.2. The Labute approximate surface area is 376 Å². The first-order valence-electron chi connectivity index (χ1n) is 21.3. The second-order valence-electron chi connectivity index (χ2n) is 17.7. The largest absolute Gasteiger partial charge is 0.490 e. The van der Waals surface area contributed by atoms with Crippen LogP contribution in [0.1, 0.15) is 81.2 Å². The summed E-state index contributed by atoms with van der Waals surface area (Å²) < 4.78 is 93.1. The van der Waals surface area contributed by atoms with E-state index in [4.69, 9.17) is 25.1 Å². The lowest BCUT2D eigenvalue weighted by molar-refractivity contribution is -0.352. The summed E-state index contributed by atoms with van der Waals surface area (Å²) in [7, 11) is 0. The number of halogens is 4. The van der Waals surface area contributed by atoms with Gasteiger partial charge in [0.1, 0.15) is 29.7 Å². The first kappa shape index (κ1) is 46.5. The smallest absolute Gasteiger partial charge is 0.456 e. The van der Waals surface area contributed by atoms with Gasteiger partial charge < -0.3 is 44.3 Å². The minimum Gasteiger partial charge on any atom is -0.456 e. The van der Waals surface area contributed by atoms with E-state index < -0.39 is 138 Å². The lowest BCUT2D eigenvalue weighted by Gasteiger charge is -2.67. The number of hydrogen-bond donors (Lipinski definition) is 4. The molecule has 19 heteroatoms. The molecule has 11 atom stereocenters. The number of carbonyl (C=O) groups is 6. The maximum absolute atomic E-state index is 15.5. The normalized spacial score (nSPS) is 31.2. The molecule has 1 aliphatic heterocycles. The molecule has 1 saturated heterocycles. The van der Waals surface area contributed by atoms with E-state index in [9.17, 15) is 56.9 Å². The average molecular weight is 927 g/mol. The second kappa shape index (κ2) is 17.3. The standard InChI is InChI=1S/C47H47F4NO14/c1-23-29(64-41(59)34(55)33(25-12-8-6-9-13-25)52-39(57)26-14-10-7-11-15-26)21-46(61)38(65-40(58)27-16-18-28(48)19-17-27)36-44(5,37(56)35(63-24(2)53)32(23)43(46,3)4)30(54)20-31-45(36,22-62-31)66-42(60)47(49,50)51/h6-19,29-31,33-36,38,54-55,61H,20-22H2,1-5H3,(H,52,57)/t29-,30-,31+,33-,34+,35+,36-,38-,44+,45-,46+/m0/s1/i6D. The number of aliphatic hydroxyl groups excluding tert-OH is 2. The van der Waals surface area contributed by atoms with Crippen LogP contribution in [0.5, 0.6) is 0 Å².